The van der Waals surface area contributed by atoms with E-state index in [0.29, 0.717) is 37.1 Å². The number of fused-ring (bicyclic) bond motifs is 14. The third-order valence-electron chi connectivity index (χ3n) is 7.51. The number of aromatic nitrogens is 1. The summed E-state index contributed by atoms with van der Waals surface area (Å²) in [6.45, 7) is 6.30. The maximum atomic E-state index is 13.6. The van der Waals surface area contributed by atoms with Crippen molar-refractivity contribution in [1.29, 1.82) is 0 Å². The quantitative estimate of drug-likeness (QED) is 0.412. The number of benzene rings is 1. The number of carbonyl (C=O) groups excluding carboxylic acids is 5. The van der Waals surface area contributed by atoms with Gasteiger partial charge in [0, 0.05) is 30.9 Å². The number of nitrogens with one attached hydrogen (secondary N) is 4. The lowest BCUT2D eigenvalue weighted by Gasteiger charge is -2.30. The van der Waals surface area contributed by atoms with Crippen molar-refractivity contribution < 1.29 is 28.7 Å². The van der Waals surface area contributed by atoms with E-state index in [-0.39, 0.29) is 37.3 Å². The molecule has 2 bridgehead atoms. The van der Waals surface area contributed by atoms with Crippen LogP contribution < -0.4 is 26.0 Å². The van der Waals surface area contributed by atoms with Gasteiger partial charge in [-0.25, -0.2) is 0 Å². The van der Waals surface area contributed by atoms with Crippen LogP contribution in [0.1, 0.15) is 56.0 Å². The molecule has 43 heavy (non-hydrogen) atoms. The van der Waals surface area contributed by atoms with E-state index in [2.05, 4.69) is 26.3 Å². The normalized spacial score (nSPS) is 24.0. The second-order valence-corrected chi connectivity index (χ2v) is 11.4. The van der Waals surface area contributed by atoms with E-state index < -0.39 is 41.9 Å². The van der Waals surface area contributed by atoms with Crippen molar-refractivity contribution >= 4 is 29.5 Å². The van der Waals surface area contributed by atoms with E-state index in [0.717, 1.165) is 5.56 Å². The van der Waals surface area contributed by atoms with Crippen molar-refractivity contribution in [3.05, 3.63) is 59.9 Å². The van der Waals surface area contributed by atoms with Crippen LogP contribution in [-0.4, -0.2) is 83.3 Å². The standard InChI is InChI=1S/C31H40N6O6/c1-19(2)17-25-31(42)37-15-4-5-26(37)30(41)33-14-16-43-23-8-6-21(7-9-23)18-24(29(40)34-20(3)27(38)36-25)35-28(39)22-10-12-32-13-11-22/h6-13,19-20,24-26H,4-5,14-18H2,1-3H3,(H,33,41)(H,34,40)(H,35,39)(H,36,38)/t20-,24+,25+,26-/m1/s1. The molecular formula is C31H40N6O6. The summed E-state index contributed by atoms with van der Waals surface area (Å²) in [5.41, 5.74) is 1.09. The minimum absolute atomic E-state index is 0.0792. The number of pyridine rings is 1. The molecule has 0 spiro atoms. The lowest BCUT2D eigenvalue weighted by molar-refractivity contribution is -0.142. The Morgan fingerprint density at radius 2 is 1.74 bits per heavy atom. The zero-order valence-electron chi connectivity index (χ0n) is 24.8. The zero-order valence-corrected chi connectivity index (χ0v) is 24.8. The Morgan fingerprint density at radius 3 is 2.44 bits per heavy atom. The minimum atomic E-state index is -1.01. The molecule has 1 fully saturated rings. The first-order chi connectivity index (χ1) is 20.6. The van der Waals surface area contributed by atoms with Gasteiger partial charge in [-0.1, -0.05) is 26.0 Å². The summed E-state index contributed by atoms with van der Waals surface area (Å²) in [7, 11) is 0. The number of nitrogens with zero attached hydrogens (tertiary/aromatic N) is 2. The smallest absolute Gasteiger partial charge is 0.252 e. The Bertz CT molecular complexity index is 1300. The lowest BCUT2D eigenvalue weighted by atomic mass is 10.0. The minimum Gasteiger partial charge on any atom is -0.492 e. The molecule has 5 amide bonds. The van der Waals surface area contributed by atoms with Gasteiger partial charge in [0.05, 0.1) is 6.54 Å². The lowest BCUT2D eigenvalue weighted by Crippen LogP contribution is -2.58. The number of rotatable bonds is 4. The van der Waals surface area contributed by atoms with Crippen molar-refractivity contribution in [3.8, 4) is 5.75 Å². The van der Waals surface area contributed by atoms with Crippen molar-refractivity contribution in [2.24, 2.45) is 5.92 Å². The highest BCUT2D eigenvalue weighted by atomic mass is 16.5. The topological polar surface area (TPSA) is 159 Å². The Kier molecular flexibility index (Phi) is 10.7. The van der Waals surface area contributed by atoms with Gasteiger partial charge in [0.1, 0.15) is 36.5 Å². The Hall–Kier alpha value is -4.48. The van der Waals surface area contributed by atoms with Gasteiger partial charge in [0.25, 0.3) is 5.91 Å². The van der Waals surface area contributed by atoms with E-state index in [1.807, 2.05) is 13.8 Å². The maximum absolute atomic E-state index is 13.6. The first kappa shape index (κ1) is 31.5. The van der Waals surface area contributed by atoms with E-state index in [1.165, 1.54) is 24.2 Å². The van der Waals surface area contributed by atoms with Gasteiger partial charge in [-0.05, 0) is 61.9 Å². The van der Waals surface area contributed by atoms with Crippen molar-refractivity contribution in [3.63, 3.8) is 0 Å². The largest absolute Gasteiger partial charge is 0.492 e. The molecule has 1 aromatic heterocycles. The molecule has 3 aliphatic rings. The highest BCUT2D eigenvalue weighted by Crippen LogP contribution is 2.21. The van der Waals surface area contributed by atoms with Gasteiger partial charge in [-0.15, -0.1) is 0 Å². The van der Waals surface area contributed by atoms with Gasteiger partial charge >= 0.3 is 0 Å². The highest BCUT2D eigenvalue weighted by Gasteiger charge is 2.38. The monoisotopic (exact) mass is 592 g/mol. The van der Waals surface area contributed by atoms with E-state index >= 15 is 0 Å². The summed E-state index contributed by atoms with van der Waals surface area (Å²) < 4.78 is 5.78. The number of amides is 5. The molecule has 0 aliphatic carbocycles. The molecule has 5 rings (SSSR count). The molecule has 1 aromatic carbocycles. The molecule has 230 valence electrons. The van der Waals surface area contributed by atoms with Crippen LogP contribution in [0.2, 0.25) is 0 Å². The van der Waals surface area contributed by atoms with Crippen LogP contribution in [0.25, 0.3) is 0 Å². The number of carbonyl (C=O) groups is 5. The molecule has 1 saturated heterocycles. The molecule has 4 heterocycles. The average molecular weight is 593 g/mol. The van der Waals surface area contributed by atoms with Crippen LogP contribution >= 0.6 is 0 Å². The fraction of sp³-hybridized carbons (Fsp3) is 0.484. The fourth-order valence-corrected chi connectivity index (χ4v) is 5.24. The van der Waals surface area contributed by atoms with Crippen molar-refractivity contribution in [2.75, 3.05) is 19.7 Å². The molecular weight excluding hydrogens is 552 g/mol. The molecule has 12 nitrogen and oxygen atoms in total. The van der Waals surface area contributed by atoms with Crippen LogP contribution in [0.3, 0.4) is 0 Å². The van der Waals surface area contributed by atoms with Gasteiger partial charge in [-0.2, -0.15) is 0 Å². The molecule has 3 aliphatic heterocycles. The van der Waals surface area contributed by atoms with Crippen molar-refractivity contribution in [1.82, 2.24) is 31.2 Å². The number of ether oxygens (including phenoxy) is 1. The van der Waals surface area contributed by atoms with Crippen LogP contribution in [-0.2, 0) is 25.6 Å². The summed E-state index contributed by atoms with van der Waals surface area (Å²) in [6, 6.07) is 6.66. The van der Waals surface area contributed by atoms with Gasteiger partial charge in [0.2, 0.25) is 23.6 Å². The third-order valence-corrected chi connectivity index (χ3v) is 7.51. The molecule has 0 unspecified atom stereocenters. The van der Waals surface area contributed by atoms with E-state index in [4.69, 9.17) is 4.74 Å². The SMILES string of the molecule is CC(C)C[C@@H]1NC(=O)[C@@H](C)NC(=O)[C@@H](NC(=O)c2ccncc2)Cc2ccc(cc2)OCCNC(=O)[C@H]2CCCN2C1=O. The van der Waals surface area contributed by atoms with Crippen LogP contribution in [0.4, 0.5) is 0 Å². The van der Waals surface area contributed by atoms with Gasteiger partial charge < -0.3 is 30.9 Å². The molecule has 4 N–H and O–H groups in total. The van der Waals surface area contributed by atoms with Crippen molar-refractivity contribution in [2.45, 2.75) is 70.6 Å². The Morgan fingerprint density at radius 1 is 1.02 bits per heavy atom. The summed E-state index contributed by atoms with van der Waals surface area (Å²) in [4.78, 5) is 71.8. The predicted molar refractivity (Wildman–Crippen MR) is 158 cm³/mol. The van der Waals surface area contributed by atoms with E-state index in [9.17, 15) is 24.0 Å². The Balaban J connectivity index is 1.59. The summed E-state index contributed by atoms with van der Waals surface area (Å²) >= 11 is 0. The fourth-order valence-electron chi connectivity index (χ4n) is 5.24. The first-order valence-electron chi connectivity index (χ1n) is 14.7. The third kappa shape index (κ3) is 8.52. The summed E-state index contributed by atoms with van der Waals surface area (Å²) in [5, 5.41) is 11.1. The molecule has 12 heteroatoms. The Labute approximate surface area is 251 Å². The molecule has 4 atom stereocenters. The van der Waals surface area contributed by atoms with Crippen LogP contribution in [0, 0.1) is 5.92 Å². The first-order valence-corrected chi connectivity index (χ1v) is 14.7. The molecule has 2 aromatic rings. The predicted octanol–water partition coefficient (Wildman–Crippen LogP) is 0.958. The number of hydrogen-bond acceptors (Lipinski definition) is 7. The highest BCUT2D eigenvalue weighted by molar-refractivity contribution is 5.99. The zero-order chi connectivity index (χ0) is 30.9. The summed E-state index contributed by atoms with van der Waals surface area (Å²) in [6.07, 6.45) is 4.69. The second-order valence-electron chi connectivity index (χ2n) is 11.4. The van der Waals surface area contributed by atoms with Crippen LogP contribution in [0.15, 0.2) is 48.8 Å². The molecule has 0 saturated carbocycles. The number of hydrogen-bond donors (Lipinski definition) is 4. The van der Waals surface area contributed by atoms with E-state index in [1.54, 1.807) is 36.4 Å². The maximum Gasteiger partial charge on any atom is 0.252 e. The van der Waals surface area contributed by atoms with Gasteiger partial charge in [0.15, 0.2) is 0 Å². The molecule has 0 radical (unpaired) electrons. The van der Waals surface area contributed by atoms with Crippen LogP contribution in [0.5, 0.6) is 5.75 Å². The second kappa shape index (κ2) is 14.6. The summed E-state index contributed by atoms with van der Waals surface area (Å²) in [5.74, 6) is -1.48. The average Bonchev–Trinajstić information content (AvgIpc) is 3.49. The van der Waals surface area contributed by atoms with Gasteiger partial charge in [-0.3, -0.25) is 29.0 Å².